The Bertz CT molecular complexity index is 592. The number of furan rings is 1. The van der Waals surface area contributed by atoms with Crippen LogP contribution in [0.25, 0.3) is 0 Å². The number of urea groups is 1. The van der Waals surface area contributed by atoms with Gasteiger partial charge in [-0.2, -0.15) is 0 Å². The molecule has 0 unspecified atom stereocenters. The molecule has 0 bridgehead atoms. The zero-order valence-corrected chi connectivity index (χ0v) is 12.4. The highest BCUT2D eigenvalue weighted by Crippen LogP contribution is 2.28. The fraction of sp³-hybridized carbons (Fsp3) is 0.533. The van der Waals surface area contributed by atoms with Gasteiger partial charge in [-0.3, -0.25) is 14.5 Å². The molecule has 2 N–H and O–H groups in total. The van der Waals surface area contributed by atoms with E-state index in [1.54, 1.807) is 19.1 Å². The van der Waals surface area contributed by atoms with E-state index in [0.717, 1.165) is 30.6 Å². The largest absolute Gasteiger partial charge is 0.466 e. The number of amides is 4. The Balaban J connectivity index is 1.68. The fourth-order valence-electron chi connectivity index (χ4n) is 3.06. The second kappa shape index (κ2) is 5.47. The van der Waals surface area contributed by atoms with Crippen LogP contribution in [0.3, 0.4) is 0 Å². The van der Waals surface area contributed by atoms with Crippen LogP contribution in [0.1, 0.15) is 38.4 Å². The molecule has 2 aliphatic rings. The summed E-state index contributed by atoms with van der Waals surface area (Å²) >= 11 is 0. The van der Waals surface area contributed by atoms with Crippen LogP contribution in [0.5, 0.6) is 0 Å². The highest BCUT2D eigenvalue weighted by Gasteiger charge is 2.51. The standard InChI is InChI=1S/C15H19N3O4/c1-15(11-7-4-8-22-11)13(20)18(14(21)17-15)9-12(19)16-10-5-2-3-6-10/h4,7-8,10H,2-3,5-6,9H2,1H3,(H,16,19)(H,17,21)/t15-/m1/s1. The van der Waals surface area contributed by atoms with Crippen molar-refractivity contribution in [2.24, 2.45) is 0 Å². The minimum Gasteiger partial charge on any atom is -0.466 e. The molecule has 2 heterocycles. The zero-order chi connectivity index (χ0) is 15.7. The SMILES string of the molecule is C[C@]1(c2ccco2)NC(=O)N(CC(=O)NC2CCCC2)C1=O. The lowest BCUT2D eigenvalue weighted by Gasteiger charge is -2.19. The van der Waals surface area contributed by atoms with E-state index in [9.17, 15) is 14.4 Å². The molecule has 2 fully saturated rings. The van der Waals surface area contributed by atoms with Crippen LogP contribution in [0, 0.1) is 0 Å². The molecule has 1 saturated carbocycles. The monoisotopic (exact) mass is 305 g/mol. The van der Waals surface area contributed by atoms with E-state index >= 15 is 0 Å². The maximum absolute atomic E-state index is 12.5. The molecule has 7 heteroatoms. The summed E-state index contributed by atoms with van der Waals surface area (Å²) in [6.07, 6.45) is 5.55. The van der Waals surface area contributed by atoms with Crippen molar-refractivity contribution < 1.29 is 18.8 Å². The Morgan fingerprint density at radius 2 is 2.18 bits per heavy atom. The van der Waals surface area contributed by atoms with Crippen LogP contribution in [0.4, 0.5) is 4.79 Å². The second-order valence-electron chi connectivity index (χ2n) is 5.97. The van der Waals surface area contributed by atoms with Crippen molar-refractivity contribution in [3.63, 3.8) is 0 Å². The Morgan fingerprint density at radius 1 is 1.45 bits per heavy atom. The molecule has 3 rings (SSSR count). The van der Waals surface area contributed by atoms with Crippen LogP contribution >= 0.6 is 0 Å². The average Bonchev–Trinajstić information content (AvgIpc) is 3.19. The zero-order valence-electron chi connectivity index (χ0n) is 12.4. The van der Waals surface area contributed by atoms with Crippen molar-refractivity contribution in [1.82, 2.24) is 15.5 Å². The predicted molar refractivity (Wildman–Crippen MR) is 76.7 cm³/mol. The third-order valence-electron chi connectivity index (χ3n) is 4.31. The number of hydrogen-bond donors (Lipinski definition) is 2. The van der Waals surface area contributed by atoms with Crippen LogP contribution < -0.4 is 10.6 Å². The molecule has 1 saturated heterocycles. The van der Waals surface area contributed by atoms with Gasteiger partial charge in [-0.25, -0.2) is 4.79 Å². The van der Waals surface area contributed by atoms with Gasteiger partial charge in [-0.15, -0.1) is 0 Å². The minimum atomic E-state index is -1.26. The summed E-state index contributed by atoms with van der Waals surface area (Å²) < 4.78 is 5.24. The summed E-state index contributed by atoms with van der Waals surface area (Å²) in [7, 11) is 0. The maximum atomic E-state index is 12.5. The van der Waals surface area contributed by atoms with Gasteiger partial charge in [0.2, 0.25) is 5.91 Å². The van der Waals surface area contributed by atoms with Crippen molar-refractivity contribution in [3.05, 3.63) is 24.2 Å². The van der Waals surface area contributed by atoms with Crippen LogP contribution in [-0.4, -0.2) is 35.3 Å². The van der Waals surface area contributed by atoms with Gasteiger partial charge in [-0.05, 0) is 31.9 Å². The highest BCUT2D eigenvalue weighted by molar-refractivity contribution is 6.08. The molecule has 22 heavy (non-hydrogen) atoms. The summed E-state index contributed by atoms with van der Waals surface area (Å²) in [5, 5.41) is 5.47. The molecule has 118 valence electrons. The van der Waals surface area contributed by atoms with Gasteiger partial charge in [0.1, 0.15) is 12.3 Å². The van der Waals surface area contributed by atoms with E-state index in [1.807, 2.05) is 0 Å². The molecular weight excluding hydrogens is 286 g/mol. The lowest BCUT2D eigenvalue weighted by atomic mass is 9.99. The number of rotatable bonds is 4. The van der Waals surface area contributed by atoms with E-state index in [2.05, 4.69) is 10.6 Å². The third kappa shape index (κ3) is 2.47. The van der Waals surface area contributed by atoms with Crippen molar-refractivity contribution in [2.45, 2.75) is 44.2 Å². The molecule has 1 aliphatic heterocycles. The van der Waals surface area contributed by atoms with Crippen molar-refractivity contribution in [1.29, 1.82) is 0 Å². The van der Waals surface area contributed by atoms with Crippen LogP contribution in [-0.2, 0) is 15.1 Å². The van der Waals surface area contributed by atoms with E-state index in [0.29, 0.717) is 5.76 Å². The molecule has 1 aromatic rings. The molecule has 1 aliphatic carbocycles. The second-order valence-corrected chi connectivity index (χ2v) is 5.97. The first-order valence-electron chi connectivity index (χ1n) is 7.48. The van der Waals surface area contributed by atoms with Gasteiger partial charge in [-0.1, -0.05) is 12.8 Å². The lowest BCUT2D eigenvalue weighted by Crippen LogP contribution is -2.44. The fourth-order valence-corrected chi connectivity index (χ4v) is 3.06. The number of nitrogens with zero attached hydrogens (tertiary/aromatic N) is 1. The summed E-state index contributed by atoms with van der Waals surface area (Å²) in [6, 6.07) is 2.85. The first kappa shape index (κ1) is 14.6. The van der Waals surface area contributed by atoms with E-state index < -0.39 is 17.5 Å². The number of carbonyl (C=O) groups is 3. The van der Waals surface area contributed by atoms with Crippen LogP contribution in [0.2, 0.25) is 0 Å². The third-order valence-corrected chi connectivity index (χ3v) is 4.31. The summed E-state index contributed by atoms with van der Waals surface area (Å²) in [5.74, 6) is -0.433. The lowest BCUT2D eigenvalue weighted by molar-refractivity contribution is -0.135. The number of imide groups is 1. The van der Waals surface area contributed by atoms with E-state index in [-0.39, 0.29) is 18.5 Å². The van der Waals surface area contributed by atoms with Gasteiger partial charge in [0.05, 0.1) is 6.26 Å². The Hall–Kier alpha value is -2.31. The average molecular weight is 305 g/mol. The first-order valence-corrected chi connectivity index (χ1v) is 7.48. The number of carbonyl (C=O) groups excluding carboxylic acids is 3. The maximum Gasteiger partial charge on any atom is 0.325 e. The van der Waals surface area contributed by atoms with Crippen molar-refractivity contribution in [3.8, 4) is 0 Å². The molecule has 1 atom stereocenters. The van der Waals surface area contributed by atoms with Crippen molar-refractivity contribution >= 4 is 17.8 Å². The molecule has 0 spiro atoms. The van der Waals surface area contributed by atoms with Gasteiger partial charge >= 0.3 is 6.03 Å². The van der Waals surface area contributed by atoms with Gasteiger partial charge in [0, 0.05) is 6.04 Å². The van der Waals surface area contributed by atoms with Gasteiger partial charge in [0.25, 0.3) is 5.91 Å². The summed E-state index contributed by atoms with van der Waals surface area (Å²) in [4.78, 5) is 37.5. The molecular formula is C15H19N3O4. The first-order chi connectivity index (χ1) is 10.5. The molecule has 1 aromatic heterocycles. The predicted octanol–water partition coefficient (Wildman–Crippen LogP) is 1.11. The van der Waals surface area contributed by atoms with Gasteiger partial charge in [0.15, 0.2) is 5.54 Å². The van der Waals surface area contributed by atoms with E-state index in [4.69, 9.17) is 4.42 Å². The minimum absolute atomic E-state index is 0.157. The van der Waals surface area contributed by atoms with Crippen molar-refractivity contribution in [2.75, 3.05) is 6.54 Å². The molecule has 7 nitrogen and oxygen atoms in total. The highest BCUT2D eigenvalue weighted by atomic mass is 16.3. The van der Waals surface area contributed by atoms with E-state index in [1.165, 1.54) is 6.26 Å². The summed E-state index contributed by atoms with van der Waals surface area (Å²) in [6.45, 7) is 1.30. The van der Waals surface area contributed by atoms with Crippen LogP contribution in [0.15, 0.2) is 22.8 Å². The molecule has 0 aromatic carbocycles. The molecule has 0 radical (unpaired) electrons. The smallest absolute Gasteiger partial charge is 0.325 e. The Kier molecular flexibility index (Phi) is 3.64. The Labute approximate surface area is 128 Å². The topological polar surface area (TPSA) is 91.7 Å². The normalized spacial score (nSPS) is 25.6. The quantitative estimate of drug-likeness (QED) is 0.815. The number of hydrogen-bond acceptors (Lipinski definition) is 4. The molecule has 4 amide bonds. The number of nitrogens with one attached hydrogen (secondary N) is 2. The summed E-state index contributed by atoms with van der Waals surface area (Å²) in [5.41, 5.74) is -1.26. The Morgan fingerprint density at radius 3 is 2.82 bits per heavy atom. The van der Waals surface area contributed by atoms with Gasteiger partial charge < -0.3 is 15.1 Å².